The van der Waals surface area contributed by atoms with Crippen LogP contribution < -0.4 is 0 Å². The number of aliphatic hydroxyl groups is 2. The summed E-state index contributed by atoms with van der Waals surface area (Å²) in [5.74, 6) is 0.454. The van der Waals surface area contributed by atoms with Crippen LogP contribution in [0.1, 0.15) is 13.3 Å². The molecule has 0 radical (unpaired) electrons. The molecule has 3 N–H and O–H groups in total. The Kier molecular flexibility index (Phi) is 17.8. The quantitative estimate of drug-likeness (QED) is 0.632. The maximum absolute atomic E-state index is 9.37. The lowest BCUT2D eigenvalue weighted by molar-refractivity contribution is -0.136. The average molecular weight is 240 g/mol. The number of hydrogen-bond donors (Lipinski definition) is 3. The number of rotatable bonds is 2. The van der Waals surface area contributed by atoms with Crippen molar-refractivity contribution < 1.29 is 20.1 Å². The summed E-state index contributed by atoms with van der Waals surface area (Å²) in [5, 5.41) is 25.1. The van der Waals surface area contributed by atoms with Crippen molar-refractivity contribution in [1.29, 1.82) is 0 Å². The van der Waals surface area contributed by atoms with Crippen molar-refractivity contribution in [3.63, 3.8) is 0 Å². The molecule has 4 nitrogen and oxygen atoms in total. The minimum Gasteiger partial charge on any atom is -0.481 e. The molecule has 0 aliphatic carbocycles. The molecule has 14 heavy (non-hydrogen) atoms. The number of carboxylic acid groups (broad SMARTS) is 1. The van der Waals surface area contributed by atoms with Crippen LogP contribution in [0.4, 0.5) is 0 Å². The number of carboxylic acids is 1. The van der Waals surface area contributed by atoms with E-state index in [1.54, 1.807) is 6.92 Å². The fraction of sp³-hybridized carbons (Fsp3) is 0.625. The summed E-state index contributed by atoms with van der Waals surface area (Å²) in [5.41, 5.74) is 0. The first-order valence-corrected chi connectivity index (χ1v) is 6.44. The second-order valence-corrected chi connectivity index (χ2v) is 4.27. The molecule has 0 saturated heterocycles. The summed E-state index contributed by atoms with van der Waals surface area (Å²) in [6, 6.07) is 0. The fourth-order valence-corrected chi connectivity index (χ4v) is 1.77. The third-order valence-corrected chi connectivity index (χ3v) is 2.70. The first-order chi connectivity index (χ1) is 6.68. The third-order valence-electron chi connectivity index (χ3n) is 0.787. The van der Waals surface area contributed by atoms with E-state index in [1.807, 2.05) is 21.6 Å². The molecule has 1 rings (SSSR count). The Bertz CT molecular complexity index is 142. The van der Waals surface area contributed by atoms with Crippen LogP contribution in [0.25, 0.3) is 0 Å². The van der Waals surface area contributed by atoms with Crippen LogP contribution in [0.15, 0.2) is 11.5 Å². The Hall–Kier alpha value is -0.170. The van der Waals surface area contributed by atoms with E-state index in [4.69, 9.17) is 15.3 Å². The maximum atomic E-state index is 9.37. The highest BCUT2D eigenvalue weighted by atomic mass is 33.1. The van der Waals surface area contributed by atoms with Gasteiger partial charge < -0.3 is 15.3 Å². The van der Waals surface area contributed by atoms with Crippen molar-refractivity contribution in [1.82, 2.24) is 0 Å². The van der Waals surface area contributed by atoms with Gasteiger partial charge in [0.2, 0.25) is 0 Å². The van der Waals surface area contributed by atoms with Crippen molar-refractivity contribution in [2.75, 3.05) is 19.0 Å². The molecular weight excluding hydrogens is 224 g/mol. The van der Waals surface area contributed by atoms with Crippen LogP contribution in [0.2, 0.25) is 0 Å². The molecule has 0 aromatic rings. The third kappa shape index (κ3) is 22.6. The van der Waals surface area contributed by atoms with Crippen LogP contribution >= 0.6 is 21.6 Å². The van der Waals surface area contributed by atoms with Gasteiger partial charge in [0.1, 0.15) is 0 Å². The van der Waals surface area contributed by atoms with Crippen molar-refractivity contribution in [2.45, 2.75) is 13.3 Å². The predicted octanol–water partition coefficient (Wildman–Crippen LogP) is 1.35. The molecule has 84 valence electrons. The Morgan fingerprint density at radius 2 is 1.93 bits per heavy atom. The van der Waals surface area contributed by atoms with Gasteiger partial charge in [-0.15, -0.1) is 0 Å². The van der Waals surface area contributed by atoms with Crippen molar-refractivity contribution in [3.8, 4) is 0 Å². The smallest absolute Gasteiger partial charge is 0.303 e. The molecule has 0 bridgehead atoms. The molecule has 0 spiro atoms. The highest BCUT2D eigenvalue weighted by Gasteiger charge is 1.85. The Morgan fingerprint density at radius 3 is 2.00 bits per heavy atom. The topological polar surface area (TPSA) is 77.8 Å². The highest BCUT2D eigenvalue weighted by Crippen LogP contribution is 2.27. The van der Waals surface area contributed by atoms with Crippen LogP contribution in [0, 0.1) is 0 Å². The van der Waals surface area contributed by atoms with E-state index in [0.717, 1.165) is 0 Å². The van der Waals surface area contributed by atoms with E-state index < -0.39 is 5.97 Å². The standard InChI is InChI=1S/C3H6O2.C3H4S2.C2H6O2/c1-2-3(4)5;1-2-4-5-3-1;3-1-2-4/h2H2,1H3,(H,4,5);1-2H,3H2;3-4H,1-2H2. The average Bonchev–Trinajstić information content (AvgIpc) is 2.76. The molecule has 0 aromatic carbocycles. The fourth-order valence-electron chi connectivity index (χ4n) is 0.196. The van der Waals surface area contributed by atoms with E-state index in [1.165, 1.54) is 5.75 Å². The normalized spacial score (nSPS) is 12.2. The molecule has 1 aliphatic heterocycles. The van der Waals surface area contributed by atoms with E-state index in [9.17, 15) is 4.79 Å². The van der Waals surface area contributed by atoms with Crippen LogP contribution in [-0.4, -0.2) is 40.3 Å². The molecular formula is C8H16O4S2. The first kappa shape index (κ1) is 16.3. The Labute approximate surface area is 91.8 Å². The molecule has 1 heterocycles. The van der Waals surface area contributed by atoms with E-state index in [2.05, 4.69) is 11.5 Å². The zero-order valence-corrected chi connectivity index (χ0v) is 9.68. The molecule has 0 aromatic heterocycles. The summed E-state index contributed by atoms with van der Waals surface area (Å²) in [4.78, 5) is 9.37. The van der Waals surface area contributed by atoms with E-state index in [-0.39, 0.29) is 19.6 Å². The van der Waals surface area contributed by atoms with Crippen LogP contribution in [0.5, 0.6) is 0 Å². The predicted molar refractivity (Wildman–Crippen MR) is 61.3 cm³/mol. The van der Waals surface area contributed by atoms with Crippen molar-refractivity contribution in [2.24, 2.45) is 0 Å². The summed E-state index contributed by atoms with van der Waals surface area (Å²) >= 11 is 0. The van der Waals surface area contributed by atoms with Crippen LogP contribution in [0.3, 0.4) is 0 Å². The zero-order valence-electron chi connectivity index (χ0n) is 8.05. The van der Waals surface area contributed by atoms with Crippen molar-refractivity contribution >= 4 is 27.6 Å². The lowest BCUT2D eigenvalue weighted by atomic mass is 10.5. The molecule has 0 unspecified atom stereocenters. The monoisotopic (exact) mass is 240 g/mol. The zero-order chi connectivity index (χ0) is 11.2. The largest absolute Gasteiger partial charge is 0.481 e. The van der Waals surface area contributed by atoms with Gasteiger partial charge in [0.25, 0.3) is 0 Å². The lowest BCUT2D eigenvalue weighted by Gasteiger charge is -1.71. The van der Waals surface area contributed by atoms with Gasteiger partial charge in [0, 0.05) is 12.2 Å². The van der Waals surface area contributed by atoms with Gasteiger partial charge in [0.05, 0.1) is 13.2 Å². The molecule has 0 atom stereocenters. The number of aliphatic hydroxyl groups excluding tert-OH is 2. The molecule has 1 aliphatic rings. The molecule has 0 amide bonds. The highest BCUT2D eigenvalue weighted by molar-refractivity contribution is 8.78. The SMILES string of the molecule is C1=CSSC1.CCC(=O)O.OCCO. The number of aliphatic carboxylic acids is 1. The van der Waals surface area contributed by atoms with Crippen molar-refractivity contribution in [3.05, 3.63) is 11.5 Å². The number of hydrogen-bond acceptors (Lipinski definition) is 5. The second kappa shape index (κ2) is 15.3. The molecule has 0 saturated carbocycles. The number of carbonyl (C=O) groups is 1. The lowest BCUT2D eigenvalue weighted by Crippen LogP contribution is -1.86. The van der Waals surface area contributed by atoms with Gasteiger partial charge in [-0.2, -0.15) is 0 Å². The van der Waals surface area contributed by atoms with Gasteiger partial charge in [-0.25, -0.2) is 0 Å². The summed E-state index contributed by atoms with van der Waals surface area (Å²) < 4.78 is 0. The van der Waals surface area contributed by atoms with Gasteiger partial charge in [0.15, 0.2) is 0 Å². The minimum absolute atomic E-state index is 0.125. The summed E-state index contributed by atoms with van der Waals surface area (Å²) in [6.07, 6.45) is 2.38. The van der Waals surface area contributed by atoms with Crippen LogP contribution in [-0.2, 0) is 4.79 Å². The Balaban J connectivity index is 0. The van der Waals surface area contributed by atoms with E-state index >= 15 is 0 Å². The van der Waals surface area contributed by atoms with Gasteiger partial charge in [-0.05, 0) is 5.41 Å². The van der Waals surface area contributed by atoms with Gasteiger partial charge in [-0.1, -0.05) is 34.6 Å². The first-order valence-electron chi connectivity index (χ1n) is 4.05. The van der Waals surface area contributed by atoms with Gasteiger partial charge in [-0.3, -0.25) is 4.79 Å². The maximum Gasteiger partial charge on any atom is 0.303 e. The Morgan fingerprint density at radius 1 is 1.43 bits per heavy atom. The minimum atomic E-state index is -0.745. The van der Waals surface area contributed by atoms with Gasteiger partial charge >= 0.3 is 5.97 Å². The molecule has 0 fully saturated rings. The molecule has 6 heteroatoms. The summed E-state index contributed by atoms with van der Waals surface area (Å²) in [7, 11) is 3.69. The van der Waals surface area contributed by atoms with E-state index in [0.29, 0.717) is 0 Å². The second-order valence-electron chi connectivity index (χ2n) is 1.95. The summed E-state index contributed by atoms with van der Waals surface area (Å²) in [6.45, 7) is 1.35.